The Morgan fingerprint density at radius 2 is 1.84 bits per heavy atom. The van der Waals surface area contributed by atoms with Crippen molar-refractivity contribution < 1.29 is 29.1 Å². The Hall–Kier alpha value is -3.84. The number of fused-ring (bicyclic) bond motifs is 1. The summed E-state index contributed by atoms with van der Waals surface area (Å²) in [5.74, 6) is -2.75. The number of benzene rings is 1. The molecule has 238 valence electrons. The first-order valence-corrected chi connectivity index (χ1v) is 16.0. The van der Waals surface area contributed by atoms with Crippen molar-refractivity contribution in [2.45, 2.75) is 77.6 Å². The van der Waals surface area contributed by atoms with Crippen LogP contribution in [0.15, 0.2) is 30.3 Å². The molecule has 1 aromatic carbocycles. The molecule has 12 nitrogen and oxygen atoms in total. The van der Waals surface area contributed by atoms with E-state index in [2.05, 4.69) is 20.9 Å². The van der Waals surface area contributed by atoms with Crippen LogP contribution in [0.25, 0.3) is 0 Å². The molecule has 0 spiro atoms. The van der Waals surface area contributed by atoms with Crippen molar-refractivity contribution in [3.8, 4) is 0 Å². The van der Waals surface area contributed by atoms with Crippen molar-refractivity contribution in [3.05, 3.63) is 51.5 Å². The molecule has 5 amide bonds. The van der Waals surface area contributed by atoms with Crippen LogP contribution >= 0.6 is 11.3 Å². The predicted octanol–water partition coefficient (Wildman–Crippen LogP) is 0.806. The minimum Gasteiger partial charge on any atom is -0.391 e. The Balaban J connectivity index is 1.69. The number of aryl methyl sites for hydroxylation is 2. The standard InChI is InChI=1S/C31H42N6O6S/c1-5-18(3)26-30(42)37-16-21(38)15-23(37)29(41)34-22(14-20-10-8-7-9-11-20)28(40)32-12-13-36(17-24(39)35-26)31(43)27-19(4)33-25(6-2)44-27/h7-11,18,21-23,26,38H,5-6,12-17H2,1-4H3,(H,32,40)(H,34,41)(H,35,39)/t18-,21+,22-,23-,26-/m0/s1. The van der Waals surface area contributed by atoms with Crippen molar-refractivity contribution >= 4 is 40.9 Å². The number of aliphatic hydroxyl groups excluding tert-OH is 1. The van der Waals surface area contributed by atoms with Gasteiger partial charge in [-0.2, -0.15) is 0 Å². The van der Waals surface area contributed by atoms with Crippen LogP contribution in [0.5, 0.6) is 0 Å². The molecule has 13 heteroatoms. The summed E-state index contributed by atoms with van der Waals surface area (Å²) in [6.45, 7) is 7.03. The molecule has 44 heavy (non-hydrogen) atoms. The smallest absolute Gasteiger partial charge is 0.266 e. The highest BCUT2D eigenvalue weighted by Gasteiger charge is 2.43. The maximum absolute atomic E-state index is 13.9. The van der Waals surface area contributed by atoms with Crippen LogP contribution in [0.4, 0.5) is 0 Å². The van der Waals surface area contributed by atoms with Crippen molar-refractivity contribution in [3.63, 3.8) is 0 Å². The number of carbonyl (C=O) groups is 5. The molecule has 0 saturated carbocycles. The lowest BCUT2D eigenvalue weighted by atomic mass is 9.97. The predicted molar refractivity (Wildman–Crippen MR) is 165 cm³/mol. The number of hydrogen-bond donors (Lipinski definition) is 4. The lowest BCUT2D eigenvalue weighted by Crippen LogP contribution is -2.58. The zero-order chi connectivity index (χ0) is 32.0. The largest absolute Gasteiger partial charge is 0.391 e. The summed E-state index contributed by atoms with van der Waals surface area (Å²) in [7, 11) is 0. The highest BCUT2D eigenvalue weighted by molar-refractivity contribution is 7.13. The minimum atomic E-state index is -1.02. The van der Waals surface area contributed by atoms with E-state index in [9.17, 15) is 29.1 Å². The van der Waals surface area contributed by atoms with Crippen molar-refractivity contribution in [2.75, 3.05) is 26.2 Å². The van der Waals surface area contributed by atoms with Gasteiger partial charge in [0.05, 0.1) is 23.4 Å². The summed E-state index contributed by atoms with van der Waals surface area (Å²) in [5.41, 5.74) is 1.38. The molecule has 2 aliphatic heterocycles. The van der Waals surface area contributed by atoms with Gasteiger partial charge in [-0.15, -0.1) is 11.3 Å². The van der Waals surface area contributed by atoms with Crippen LogP contribution in [-0.2, 0) is 32.0 Å². The van der Waals surface area contributed by atoms with E-state index in [1.807, 2.05) is 51.1 Å². The summed E-state index contributed by atoms with van der Waals surface area (Å²) >= 11 is 1.27. The molecule has 0 aliphatic carbocycles. The first-order chi connectivity index (χ1) is 21.0. The summed E-state index contributed by atoms with van der Waals surface area (Å²) in [6, 6.07) is 6.25. The highest BCUT2D eigenvalue weighted by Crippen LogP contribution is 2.23. The molecule has 2 aliphatic rings. The monoisotopic (exact) mass is 626 g/mol. The number of rotatable bonds is 6. The lowest BCUT2D eigenvalue weighted by molar-refractivity contribution is -0.143. The summed E-state index contributed by atoms with van der Waals surface area (Å²) in [4.78, 5) is 75.6. The van der Waals surface area contributed by atoms with E-state index in [0.29, 0.717) is 23.4 Å². The van der Waals surface area contributed by atoms with Gasteiger partial charge < -0.3 is 30.9 Å². The third-order valence-corrected chi connectivity index (χ3v) is 9.51. The SMILES string of the molecule is CCc1nc(C)c(C(=O)N2CCNC(=O)[C@H](Cc3ccccc3)NC(=O)[C@@H]3C[C@@H](O)CN3C(=O)[C@H]([C@@H](C)CC)NC(=O)C2)s1. The van der Waals surface area contributed by atoms with E-state index in [1.54, 1.807) is 6.92 Å². The number of thiazole rings is 1. The molecule has 4 rings (SSSR count). The Morgan fingerprint density at radius 3 is 2.50 bits per heavy atom. The first-order valence-electron chi connectivity index (χ1n) is 15.2. The average molecular weight is 627 g/mol. The fourth-order valence-electron chi connectivity index (χ4n) is 5.52. The number of aromatic nitrogens is 1. The number of aliphatic hydroxyl groups is 1. The molecule has 5 atom stereocenters. The summed E-state index contributed by atoms with van der Waals surface area (Å²) < 4.78 is 0. The first kappa shape index (κ1) is 33.1. The van der Waals surface area contributed by atoms with Gasteiger partial charge in [-0.05, 0) is 24.8 Å². The van der Waals surface area contributed by atoms with Gasteiger partial charge in [-0.3, -0.25) is 24.0 Å². The second-order valence-electron chi connectivity index (χ2n) is 11.5. The van der Waals surface area contributed by atoms with Crippen LogP contribution < -0.4 is 16.0 Å². The maximum atomic E-state index is 13.9. The molecular weight excluding hydrogens is 584 g/mol. The normalized spacial score (nSPS) is 24.5. The van der Waals surface area contributed by atoms with Crippen molar-refractivity contribution in [1.29, 1.82) is 0 Å². The van der Waals surface area contributed by atoms with Gasteiger partial charge in [0.1, 0.15) is 23.0 Å². The zero-order valence-electron chi connectivity index (χ0n) is 25.7. The topological polar surface area (TPSA) is 161 Å². The van der Waals surface area contributed by atoms with E-state index in [1.165, 1.54) is 21.1 Å². The van der Waals surface area contributed by atoms with Crippen LogP contribution in [0, 0.1) is 12.8 Å². The molecule has 0 unspecified atom stereocenters. The van der Waals surface area contributed by atoms with Crippen LogP contribution in [-0.4, -0.2) is 99.8 Å². The third-order valence-electron chi connectivity index (χ3n) is 8.22. The van der Waals surface area contributed by atoms with Gasteiger partial charge in [0.2, 0.25) is 23.6 Å². The molecular formula is C31H42N6O6S. The van der Waals surface area contributed by atoms with Crippen LogP contribution in [0.3, 0.4) is 0 Å². The number of hydrogen-bond acceptors (Lipinski definition) is 8. The van der Waals surface area contributed by atoms with Gasteiger partial charge in [0, 0.05) is 32.5 Å². The maximum Gasteiger partial charge on any atom is 0.266 e. The third kappa shape index (κ3) is 7.81. The zero-order valence-corrected chi connectivity index (χ0v) is 26.5. The van der Waals surface area contributed by atoms with Gasteiger partial charge in [-0.25, -0.2) is 4.98 Å². The molecule has 0 bridgehead atoms. The Labute approximate surface area is 261 Å². The molecule has 2 fully saturated rings. The molecule has 1 aromatic heterocycles. The number of amides is 5. The molecule has 4 N–H and O–H groups in total. The van der Waals surface area contributed by atoms with E-state index in [0.717, 1.165) is 10.6 Å². The van der Waals surface area contributed by atoms with E-state index < -0.39 is 53.8 Å². The average Bonchev–Trinajstić information content (AvgIpc) is 3.60. The fraction of sp³-hybridized carbons (Fsp3) is 0.548. The second-order valence-corrected chi connectivity index (χ2v) is 12.6. The Morgan fingerprint density at radius 1 is 1.11 bits per heavy atom. The van der Waals surface area contributed by atoms with Crippen molar-refractivity contribution in [2.24, 2.45) is 5.92 Å². The lowest BCUT2D eigenvalue weighted by Gasteiger charge is -2.32. The number of nitrogens with zero attached hydrogens (tertiary/aromatic N) is 3. The highest BCUT2D eigenvalue weighted by atomic mass is 32.1. The van der Waals surface area contributed by atoms with Gasteiger partial charge >= 0.3 is 0 Å². The van der Waals surface area contributed by atoms with Gasteiger partial charge in [0.25, 0.3) is 5.91 Å². The summed E-state index contributed by atoms with van der Waals surface area (Å²) in [5, 5.41) is 19.7. The number of nitrogens with one attached hydrogen (secondary N) is 3. The van der Waals surface area contributed by atoms with Crippen LogP contribution in [0.1, 0.15) is 59.5 Å². The van der Waals surface area contributed by atoms with Gasteiger partial charge in [-0.1, -0.05) is 57.5 Å². The molecule has 2 saturated heterocycles. The molecule has 0 radical (unpaired) electrons. The van der Waals surface area contributed by atoms with Gasteiger partial charge in [0.15, 0.2) is 0 Å². The quantitative estimate of drug-likeness (QED) is 0.369. The van der Waals surface area contributed by atoms with Crippen molar-refractivity contribution in [1.82, 2.24) is 30.7 Å². The van der Waals surface area contributed by atoms with E-state index in [4.69, 9.17) is 0 Å². The second kappa shape index (κ2) is 14.8. The molecule has 3 heterocycles. The van der Waals surface area contributed by atoms with Crippen LogP contribution in [0.2, 0.25) is 0 Å². The fourth-order valence-corrected chi connectivity index (χ4v) is 6.49. The number of carbonyl (C=O) groups excluding carboxylic acids is 5. The minimum absolute atomic E-state index is 0.00858. The Bertz CT molecular complexity index is 1370. The van der Waals surface area contributed by atoms with E-state index in [-0.39, 0.29) is 44.9 Å². The molecule has 2 aromatic rings. The van der Waals surface area contributed by atoms with E-state index >= 15 is 0 Å². The summed E-state index contributed by atoms with van der Waals surface area (Å²) in [6.07, 6.45) is 0.486. The Kier molecular flexibility index (Phi) is 11.1.